The highest BCUT2D eigenvalue weighted by Crippen LogP contribution is 2.23. The number of rotatable bonds is 3. The van der Waals surface area contributed by atoms with Crippen LogP contribution in [-0.2, 0) is 5.75 Å². The van der Waals surface area contributed by atoms with Gasteiger partial charge in [0.15, 0.2) is 0 Å². The molecule has 0 aliphatic heterocycles. The number of thioether (sulfide) groups is 1. The van der Waals surface area contributed by atoms with E-state index in [0.717, 1.165) is 16.3 Å². The molecule has 0 spiro atoms. The minimum atomic E-state index is -0.242. The largest absolute Gasteiger partial charge is 0.260 e. The second-order valence-electron chi connectivity index (χ2n) is 3.08. The predicted octanol–water partition coefficient (Wildman–Crippen LogP) is 3.67. The Bertz CT molecular complexity index is 479. The normalized spacial score (nSPS) is 10.4. The lowest BCUT2D eigenvalue weighted by atomic mass is 10.2. The fourth-order valence-electron chi connectivity index (χ4n) is 1.15. The van der Waals surface area contributed by atoms with Gasteiger partial charge < -0.3 is 0 Å². The fourth-order valence-corrected chi connectivity index (χ4v) is 2.34. The molecule has 0 radical (unpaired) electrons. The molecule has 2 nitrogen and oxygen atoms in total. The third-order valence-electron chi connectivity index (χ3n) is 1.91. The van der Waals surface area contributed by atoms with Crippen LogP contribution in [0, 0.1) is 5.82 Å². The summed E-state index contributed by atoms with van der Waals surface area (Å²) in [5.74, 6) is 0.505. The minimum absolute atomic E-state index is 0.242. The van der Waals surface area contributed by atoms with Gasteiger partial charge in [0.05, 0.1) is 10.7 Å². The van der Waals surface area contributed by atoms with Gasteiger partial charge in [0.25, 0.3) is 0 Å². The van der Waals surface area contributed by atoms with Gasteiger partial charge in [0, 0.05) is 18.1 Å². The average Bonchev–Trinajstić information content (AvgIpc) is 2.32. The van der Waals surface area contributed by atoms with E-state index in [1.807, 2.05) is 0 Å². The minimum Gasteiger partial charge on any atom is -0.260 e. The van der Waals surface area contributed by atoms with Gasteiger partial charge in [0.2, 0.25) is 0 Å². The number of nitrogens with zero attached hydrogens (tertiary/aromatic N) is 2. The van der Waals surface area contributed by atoms with Crippen LogP contribution in [-0.4, -0.2) is 9.97 Å². The Morgan fingerprint density at radius 3 is 2.88 bits per heavy atom. The molecule has 0 aliphatic rings. The van der Waals surface area contributed by atoms with Gasteiger partial charge in [-0.05, 0) is 33.6 Å². The van der Waals surface area contributed by atoms with Crippen LogP contribution in [0.3, 0.4) is 0 Å². The lowest BCUT2D eigenvalue weighted by Gasteiger charge is -2.02. The van der Waals surface area contributed by atoms with Gasteiger partial charge in [0.1, 0.15) is 10.8 Å². The molecule has 0 saturated carbocycles. The zero-order valence-corrected chi connectivity index (χ0v) is 10.6. The topological polar surface area (TPSA) is 25.8 Å². The molecule has 2 aromatic rings. The van der Waals surface area contributed by atoms with Gasteiger partial charge in [-0.15, -0.1) is 11.8 Å². The molecule has 5 heteroatoms. The fraction of sp³-hybridized carbons (Fsp3) is 0.0909. The molecular weight excluding hydrogens is 291 g/mol. The van der Waals surface area contributed by atoms with Crippen molar-refractivity contribution in [2.75, 3.05) is 0 Å². The molecule has 0 unspecified atom stereocenters. The van der Waals surface area contributed by atoms with Crippen molar-refractivity contribution in [3.05, 3.63) is 52.6 Å². The van der Waals surface area contributed by atoms with Crippen LogP contribution in [0.2, 0.25) is 0 Å². The smallest absolute Gasteiger partial charge is 0.137 e. The Balaban J connectivity index is 2.03. The Labute approximate surface area is 105 Å². The van der Waals surface area contributed by atoms with Crippen LogP contribution in [0.5, 0.6) is 0 Å². The third-order valence-corrected chi connectivity index (χ3v) is 3.50. The van der Waals surface area contributed by atoms with Crippen LogP contribution < -0.4 is 0 Å². The molecule has 0 N–H and O–H groups in total. The molecule has 1 aromatic heterocycles. The van der Waals surface area contributed by atoms with Crippen LogP contribution in [0.4, 0.5) is 4.39 Å². The molecule has 0 bridgehead atoms. The zero-order valence-electron chi connectivity index (χ0n) is 8.23. The molecule has 16 heavy (non-hydrogen) atoms. The Kier molecular flexibility index (Phi) is 3.90. The summed E-state index contributed by atoms with van der Waals surface area (Å²) in [4.78, 5) is 8.12. The molecule has 1 heterocycles. The lowest BCUT2D eigenvalue weighted by Crippen LogP contribution is -1.85. The van der Waals surface area contributed by atoms with Crippen LogP contribution >= 0.6 is 27.7 Å². The summed E-state index contributed by atoms with van der Waals surface area (Å²) in [6, 6.07) is 5.00. The van der Waals surface area contributed by atoms with E-state index in [1.54, 1.807) is 42.5 Å². The van der Waals surface area contributed by atoms with Crippen molar-refractivity contribution in [1.29, 1.82) is 0 Å². The highest BCUT2D eigenvalue weighted by molar-refractivity contribution is 9.10. The number of hydrogen-bond acceptors (Lipinski definition) is 3. The van der Waals surface area contributed by atoms with E-state index in [1.165, 1.54) is 6.07 Å². The van der Waals surface area contributed by atoms with E-state index in [0.29, 0.717) is 4.47 Å². The maximum atomic E-state index is 13.0. The first-order valence-electron chi connectivity index (χ1n) is 4.58. The first-order valence-corrected chi connectivity index (χ1v) is 6.36. The Morgan fingerprint density at radius 1 is 1.31 bits per heavy atom. The summed E-state index contributed by atoms with van der Waals surface area (Å²) < 4.78 is 13.5. The summed E-state index contributed by atoms with van der Waals surface area (Å²) in [6.45, 7) is 0. The van der Waals surface area contributed by atoms with Crippen LogP contribution in [0.25, 0.3) is 0 Å². The van der Waals surface area contributed by atoms with Crippen LogP contribution in [0.1, 0.15) is 5.56 Å². The van der Waals surface area contributed by atoms with Gasteiger partial charge in [-0.1, -0.05) is 6.07 Å². The van der Waals surface area contributed by atoms with Gasteiger partial charge in [-0.3, -0.25) is 4.98 Å². The zero-order chi connectivity index (χ0) is 11.4. The number of hydrogen-bond donors (Lipinski definition) is 0. The highest BCUT2D eigenvalue weighted by atomic mass is 79.9. The number of halogens is 2. The van der Waals surface area contributed by atoms with Crippen molar-refractivity contribution in [2.45, 2.75) is 10.8 Å². The lowest BCUT2D eigenvalue weighted by molar-refractivity contribution is 0.620. The third kappa shape index (κ3) is 3.02. The van der Waals surface area contributed by atoms with E-state index in [2.05, 4.69) is 25.9 Å². The molecule has 82 valence electrons. The summed E-state index contributed by atoms with van der Waals surface area (Å²) in [6.07, 6.45) is 5.00. The Hall–Kier alpha value is -0.940. The van der Waals surface area contributed by atoms with E-state index in [9.17, 15) is 4.39 Å². The number of benzene rings is 1. The first kappa shape index (κ1) is 11.5. The van der Waals surface area contributed by atoms with Crippen LogP contribution in [0.15, 0.2) is 46.3 Å². The van der Waals surface area contributed by atoms with E-state index in [-0.39, 0.29) is 5.82 Å². The summed E-state index contributed by atoms with van der Waals surface area (Å²) in [5, 5.41) is 0.864. The highest BCUT2D eigenvalue weighted by Gasteiger charge is 2.01. The Morgan fingerprint density at radius 2 is 2.19 bits per heavy atom. The second kappa shape index (κ2) is 5.41. The van der Waals surface area contributed by atoms with Crippen molar-refractivity contribution in [2.24, 2.45) is 0 Å². The van der Waals surface area contributed by atoms with Gasteiger partial charge in [-0.25, -0.2) is 9.37 Å². The maximum Gasteiger partial charge on any atom is 0.137 e. The molecule has 2 rings (SSSR count). The maximum absolute atomic E-state index is 13.0. The summed E-state index contributed by atoms with van der Waals surface area (Å²) in [7, 11) is 0. The number of aromatic nitrogens is 2. The molecule has 0 fully saturated rings. The second-order valence-corrected chi connectivity index (χ2v) is 4.93. The molecule has 0 amide bonds. The van der Waals surface area contributed by atoms with Crippen molar-refractivity contribution in [1.82, 2.24) is 9.97 Å². The van der Waals surface area contributed by atoms with Gasteiger partial charge in [-0.2, -0.15) is 0 Å². The molecular formula is C11H8BrFN2S. The monoisotopic (exact) mass is 298 g/mol. The first-order chi connectivity index (χ1) is 7.75. The molecule has 0 atom stereocenters. The van der Waals surface area contributed by atoms with E-state index < -0.39 is 0 Å². The SMILES string of the molecule is Fc1ccc(CSc2cnccn2)cc1Br. The van der Waals surface area contributed by atoms with E-state index >= 15 is 0 Å². The summed E-state index contributed by atoms with van der Waals surface area (Å²) >= 11 is 4.73. The quantitative estimate of drug-likeness (QED) is 0.809. The van der Waals surface area contributed by atoms with Crippen molar-refractivity contribution in [3.63, 3.8) is 0 Å². The standard InChI is InChI=1S/C11H8BrFN2S/c12-9-5-8(1-2-10(9)13)7-16-11-6-14-3-4-15-11/h1-6H,7H2. The summed E-state index contributed by atoms with van der Waals surface area (Å²) in [5.41, 5.74) is 1.05. The average molecular weight is 299 g/mol. The van der Waals surface area contributed by atoms with E-state index in [4.69, 9.17) is 0 Å². The molecule has 0 aliphatic carbocycles. The molecule has 0 saturated heterocycles. The van der Waals surface area contributed by atoms with Crippen molar-refractivity contribution in [3.8, 4) is 0 Å². The van der Waals surface area contributed by atoms with Crippen molar-refractivity contribution >= 4 is 27.7 Å². The molecule has 1 aromatic carbocycles. The van der Waals surface area contributed by atoms with Gasteiger partial charge >= 0.3 is 0 Å². The predicted molar refractivity (Wildman–Crippen MR) is 65.7 cm³/mol. The van der Waals surface area contributed by atoms with Crippen molar-refractivity contribution < 1.29 is 4.39 Å².